The summed E-state index contributed by atoms with van der Waals surface area (Å²) in [6.07, 6.45) is 0. The molecule has 0 aliphatic carbocycles. The van der Waals surface area contributed by atoms with Gasteiger partial charge in [-0.25, -0.2) is 9.37 Å². The number of halogens is 1. The second kappa shape index (κ2) is 7.76. The van der Waals surface area contributed by atoms with Crippen molar-refractivity contribution in [2.75, 3.05) is 4.90 Å². The molecule has 144 valence electrons. The molecule has 0 spiro atoms. The normalized spacial score (nSPS) is 10.8. The number of hydrogen-bond acceptors (Lipinski definition) is 5. The number of non-ortho nitro benzene ring substituents is 1. The molecule has 0 aliphatic heterocycles. The van der Waals surface area contributed by atoms with E-state index in [1.54, 1.807) is 12.1 Å². The van der Waals surface area contributed by atoms with E-state index in [2.05, 4.69) is 4.98 Å². The lowest BCUT2D eigenvalue weighted by Gasteiger charge is -2.20. The number of carbonyl (C=O) groups excluding carboxylic acids is 1. The first-order valence-corrected chi connectivity index (χ1v) is 9.50. The number of carbonyl (C=O) groups is 1. The Morgan fingerprint density at radius 1 is 1.03 bits per heavy atom. The number of nitro groups is 1. The zero-order chi connectivity index (χ0) is 20.4. The molecule has 0 saturated heterocycles. The van der Waals surface area contributed by atoms with E-state index in [-0.39, 0.29) is 29.2 Å². The van der Waals surface area contributed by atoms with E-state index in [0.29, 0.717) is 9.83 Å². The van der Waals surface area contributed by atoms with Crippen LogP contribution >= 0.6 is 11.3 Å². The van der Waals surface area contributed by atoms with E-state index in [9.17, 15) is 19.3 Å². The van der Waals surface area contributed by atoms with Crippen molar-refractivity contribution in [1.82, 2.24) is 4.98 Å². The molecular formula is C21H14FN3O3S. The van der Waals surface area contributed by atoms with Crippen LogP contribution in [0.4, 0.5) is 15.2 Å². The van der Waals surface area contributed by atoms with Crippen LogP contribution in [0.3, 0.4) is 0 Å². The Morgan fingerprint density at radius 3 is 2.41 bits per heavy atom. The zero-order valence-corrected chi connectivity index (χ0v) is 15.8. The highest BCUT2D eigenvalue weighted by molar-refractivity contribution is 7.22. The number of thiazole rings is 1. The fraction of sp³-hybridized carbons (Fsp3) is 0.0476. The Kier molecular flexibility index (Phi) is 5.01. The van der Waals surface area contributed by atoms with Gasteiger partial charge in [0.1, 0.15) is 11.3 Å². The minimum atomic E-state index is -0.522. The number of nitrogens with zero attached hydrogens (tertiary/aromatic N) is 3. The van der Waals surface area contributed by atoms with E-state index < -0.39 is 10.7 Å². The molecule has 4 rings (SSSR count). The van der Waals surface area contributed by atoms with Gasteiger partial charge in [-0.3, -0.25) is 19.8 Å². The minimum Gasteiger partial charge on any atom is -0.279 e. The third-order valence-corrected chi connectivity index (χ3v) is 5.39. The van der Waals surface area contributed by atoms with Gasteiger partial charge in [0.25, 0.3) is 11.6 Å². The van der Waals surface area contributed by atoms with Crippen LogP contribution < -0.4 is 4.90 Å². The highest BCUT2D eigenvalue weighted by atomic mass is 32.1. The smallest absolute Gasteiger partial charge is 0.269 e. The fourth-order valence-corrected chi connectivity index (χ4v) is 3.87. The second-order valence-corrected chi connectivity index (χ2v) is 7.27. The first-order chi connectivity index (χ1) is 14.0. The molecule has 3 aromatic carbocycles. The van der Waals surface area contributed by atoms with Crippen molar-refractivity contribution in [1.29, 1.82) is 0 Å². The van der Waals surface area contributed by atoms with Gasteiger partial charge in [0.15, 0.2) is 5.13 Å². The fourth-order valence-electron chi connectivity index (χ4n) is 2.89. The average Bonchev–Trinajstić information content (AvgIpc) is 3.18. The number of rotatable bonds is 5. The summed E-state index contributed by atoms with van der Waals surface area (Å²) in [4.78, 5) is 29.4. The van der Waals surface area contributed by atoms with Crippen LogP contribution in [0, 0.1) is 15.9 Å². The largest absolute Gasteiger partial charge is 0.279 e. The molecule has 1 amide bonds. The zero-order valence-electron chi connectivity index (χ0n) is 15.0. The van der Waals surface area contributed by atoms with E-state index in [4.69, 9.17) is 0 Å². The number of nitro benzene ring substituents is 1. The van der Waals surface area contributed by atoms with Gasteiger partial charge >= 0.3 is 0 Å². The first-order valence-electron chi connectivity index (χ1n) is 8.68. The van der Waals surface area contributed by atoms with Gasteiger partial charge in [-0.2, -0.15) is 0 Å². The summed E-state index contributed by atoms with van der Waals surface area (Å²) in [5.41, 5.74) is 1.27. The molecule has 0 unspecified atom stereocenters. The molecule has 0 saturated carbocycles. The number of benzene rings is 3. The van der Waals surface area contributed by atoms with Gasteiger partial charge in [0, 0.05) is 17.7 Å². The average molecular weight is 407 g/mol. The Morgan fingerprint density at radius 2 is 1.76 bits per heavy atom. The highest BCUT2D eigenvalue weighted by Gasteiger charge is 2.23. The van der Waals surface area contributed by atoms with Gasteiger partial charge in [-0.05, 0) is 29.8 Å². The van der Waals surface area contributed by atoms with Crippen LogP contribution in [-0.2, 0) is 6.54 Å². The van der Waals surface area contributed by atoms with Crippen LogP contribution in [0.2, 0.25) is 0 Å². The van der Waals surface area contributed by atoms with Crippen molar-refractivity contribution in [3.63, 3.8) is 0 Å². The quantitative estimate of drug-likeness (QED) is 0.337. The predicted molar refractivity (Wildman–Crippen MR) is 110 cm³/mol. The maximum absolute atomic E-state index is 14.1. The third-order valence-electron chi connectivity index (χ3n) is 4.34. The maximum atomic E-state index is 14.1. The van der Waals surface area contributed by atoms with Gasteiger partial charge < -0.3 is 0 Å². The lowest BCUT2D eigenvalue weighted by atomic mass is 10.1. The highest BCUT2D eigenvalue weighted by Crippen LogP contribution is 2.32. The summed E-state index contributed by atoms with van der Waals surface area (Å²) in [6, 6.07) is 19.4. The molecule has 0 bridgehead atoms. The monoisotopic (exact) mass is 407 g/mol. The summed E-state index contributed by atoms with van der Waals surface area (Å²) < 4.78 is 14.7. The van der Waals surface area contributed by atoms with Crippen LogP contribution in [0.15, 0.2) is 72.8 Å². The molecule has 1 aromatic heterocycles. The molecule has 0 aliphatic rings. The lowest BCUT2D eigenvalue weighted by Crippen LogP contribution is -2.30. The van der Waals surface area contributed by atoms with E-state index in [0.717, 1.165) is 5.56 Å². The van der Waals surface area contributed by atoms with Crippen LogP contribution in [0.25, 0.3) is 10.2 Å². The van der Waals surface area contributed by atoms with Gasteiger partial charge in [-0.1, -0.05) is 47.7 Å². The lowest BCUT2D eigenvalue weighted by molar-refractivity contribution is -0.384. The molecule has 4 aromatic rings. The van der Waals surface area contributed by atoms with Crippen molar-refractivity contribution in [2.24, 2.45) is 0 Å². The third kappa shape index (κ3) is 3.83. The number of fused-ring (bicyclic) bond motifs is 1. The van der Waals surface area contributed by atoms with Crippen molar-refractivity contribution in [2.45, 2.75) is 6.54 Å². The molecule has 29 heavy (non-hydrogen) atoms. The maximum Gasteiger partial charge on any atom is 0.269 e. The van der Waals surface area contributed by atoms with Crippen molar-refractivity contribution in [3.8, 4) is 0 Å². The van der Waals surface area contributed by atoms with Gasteiger partial charge in [0.05, 0.1) is 16.2 Å². The second-order valence-electron chi connectivity index (χ2n) is 6.26. The Balaban J connectivity index is 1.75. The summed E-state index contributed by atoms with van der Waals surface area (Å²) in [7, 11) is 0. The molecule has 8 heteroatoms. The van der Waals surface area contributed by atoms with E-state index in [1.807, 2.05) is 30.3 Å². The first kappa shape index (κ1) is 18.7. The van der Waals surface area contributed by atoms with Crippen LogP contribution in [-0.4, -0.2) is 15.8 Å². The van der Waals surface area contributed by atoms with E-state index in [1.165, 1.54) is 46.6 Å². The van der Waals surface area contributed by atoms with Gasteiger partial charge in [-0.15, -0.1) is 0 Å². The number of para-hydroxylation sites is 1. The summed E-state index contributed by atoms with van der Waals surface area (Å²) in [6.45, 7) is 0.234. The van der Waals surface area contributed by atoms with Crippen LogP contribution in [0.1, 0.15) is 15.9 Å². The SMILES string of the molecule is O=C(c1ccc([N+](=O)[O-])cc1)N(Cc1ccccc1)c1nc2c(F)cccc2s1. The van der Waals surface area contributed by atoms with Gasteiger partial charge in [0.2, 0.25) is 0 Å². The number of anilines is 1. The molecule has 0 fully saturated rings. The molecule has 0 atom stereocenters. The predicted octanol–water partition coefficient (Wildman–Crippen LogP) is 5.19. The van der Waals surface area contributed by atoms with E-state index >= 15 is 0 Å². The summed E-state index contributed by atoms with van der Waals surface area (Å²) in [5, 5.41) is 11.2. The standard InChI is InChI=1S/C21H14FN3O3S/c22-17-7-4-8-18-19(17)23-21(29-18)24(13-14-5-2-1-3-6-14)20(26)15-9-11-16(12-10-15)25(27)28/h1-12H,13H2. The Hall–Kier alpha value is -3.65. The Bertz CT molecular complexity index is 1190. The Labute approximate surface area is 169 Å². The molecule has 0 N–H and O–H groups in total. The summed E-state index contributed by atoms with van der Waals surface area (Å²) >= 11 is 1.22. The molecular weight excluding hydrogens is 393 g/mol. The molecule has 0 radical (unpaired) electrons. The topological polar surface area (TPSA) is 76.3 Å². The summed E-state index contributed by atoms with van der Waals surface area (Å²) in [5.74, 6) is -0.823. The number of hydrogen-bond donors (Lipinski definition) is 0. The number of amides is 1. The number of aromatic nitrogens is 1. The minimum absolute atomic E-state index is 0.0989. The van der Waals surface area contributed by atoms with Crippen molar-refractivity contribution < 1.29 is 14.1 Å². The van der Waals surface area contributed by atoms with Crippen LogP contribution in [0.5, 0.6) is 0 Å². The molecule has 6 nitrogen and oxygen atoms in total. The molecule has 1 heterocycles. The van der Waals surface area contributed by atoms with Crippen molar-refractivity contribution in [3.05, 3.63) is 99.9 Å². The van der Waals surface area contributed by atoms with Crippen molar-refractivity contribution >= 4 is 38.3 Å².